The van der Waals surface area contributed by atoms with E-state index in [1.807, 2.05) is 17.5 Å². The molecule has 4 rings (SSSR count). The molecule has 0 atom stereocenters. The molecule has 0 fully saturated rings. The summed E-state index contributed by atoms with van der Waals surface area (Å²) < 4.78 is 0. The molecule has 2 aromatic rings. The highest BCUT2D eigenvalue weighted by molar-refractivity contribution is 7.10. The van der Waals surface area contributed by atoms with Crippen LogP contribution in [0.4, 0.5) is 0 Å². The lowest BCUT2D eigenvalue weighted by atomic mass is 10.1. The van der Waals surface area contributed by atoms with E-state index in [1.165, 1.54) is 34.5 Å². The van der Waals surface area contributed by atoms with Gasteiger partial charge in [-0.25, -0.2) is 9.97 Å². The van der Waals surface area contributed by atoms with Gasteiger partial charge in [0.2, 0.25) is 0 Å². The maximum absolute atomic E-state index is 4.82. The first kappa shape index (κ1) is 15.0. The van der Waals surface area contributed by atoms with E-state index in [-0.39, 0.29) is 0 Å². The molecule has 0 saturated carbocycles. The van der Waals surface area contributed by atoms with Crippen LogP contribution in [0.5, 0.6) is 0 Å². The monoisotopic (exact) mass is 326 g/mol. The van der Waals surface area contributed by atoms with Crippen molar-refractivity contribution in [3.63, 3.8) is 0 Å². The minimum Gasteiger partial charge on any atom is -0.293 e. The molecule has 0 unspecified atom stereocenters. The van der Waals surface area contributed by atoms with E-state index in [1.54, 1.807) is 0 Å². The Morgan fingerprint density at radius 3 is 3.00 bits per heavy atom. The smallest absolute Gasteiger partial charge is 0.173 e. The minimum atomic E-state index is 0.867. The predicted molar refractivity (Wildman–Crippen MR) is 94.2 cm³/mol. The summed E-state index contributed by atoms with van der Waals surface area (Å²) in [5.74, 6) is 0.867. The molecule has 0 amide bonds. The Labute approximate surface area is 141 Å². The van der Waals surface area contributed by atoms with Crippen molar-refractivity contribution in [3.05, 3.63) is 45.2 Å². The van der Waals surface area contributed by atoms with Crippen LogP contribution in [0.15, 0.2) is 22.6 Å². The van der Waals surface area contributed by atoms with Gasteiger partial charge >= 0.3 is 0 Å². The van der Waals surface area contributed by atoms with Gasteiger partial charge in [0.1, 0.15) is 0 Å². The molecule has 0 bridgehead atoms. The molecule has 120 valence electrons. The second-order valence-electron chi connectivity index (χ2n) is 6.44. The van der Waals surface area contributed by atoms with Crippen LogP contribution in [0.3, 0.4) is 0 Å². The third kappa shape index (κ3) is 3.21. The van der Waals surface area contributed by atoms with Gasteiger partial charge in [-0.1, -0.05) is 0 Å². The molecule has 2 aromatic heterocycles. The molecule has 4 heterocycles. The van der Waals surface area contributed by atoms with Crippen LogP contribution < -0.4 is 0 Å². The summed E-state index contributed by atoms with van der Waals surface area (Å²) in [5, 5.41) is 2.18. The zero-order chi connectivity index (χ0) is 15.6. The quantitative estimate of drug-likeness (QED) is 0.868. The van der Waals surface area contributed by atoms with Crippen LogP contribution in [0.1, 0.15) is 46.8 Å². The number of nitrogens with zero attached hydrogens (tertiary/aromatic N) is 4. The third-order valence-electron chi connectivity index (χ3n) is 4.73. The normalized spacial score (nSPS) is 18.6. The van der Waals surface area contributed by atoms with Crippen molar-refractivity contribution in [1.29, 1.82) is 0 Å². The maximum Gasteiger partial charge on any atom is 0.173 e. The number of aryl methyl sites for hydroxylation is 1. The number of rotatable bonds is 3. The van der Waals surface area contributed by atoms with E-state index in [2.05, 4.69) is 33.2 Å². The molecular weight excluding hydrogens is 304 g/mol. The van der Waals surface area contributed by atoms with E-state index in [4.69, 9.17) is 4.98 Å². The summed E-state index contributed by atoms with van der Waals surface area (Å²) >= 11 is 1.86. The molecule has 2 aliphatic heterocycles. The van der Waals surface area contributed by atoms with Crippen molar-refractivity contribution >= 4 is 17.0 Å². The summed E-state index contributed by atoms with van der Waals surface area (Å²) in [7, 11) is 0. The van der Waals surface area contributed by atoms with Crippen LogP contribution in [-0.2, 0) is 19.5 Å². The van der Waals surface area contributed by atoms with Crippen LogP contribution in [-0.4, -0.2) is 33.7 Å². The fraction of sp³-hybridized carbons (Fsp3) is 0.500. The van der Waals surface area contributed by atoms with Gasteiger partial charge in [-0.3, -0.25) is 9.89 Å². The Morgan fingerprint density at radius 1 is 1.26 bits per heavy atom. The summed E-state index contributed by atoms with van der Waals surface area (Å²) in [4.78, 5) is 18.0. The van der Waals surface area contributed by atoms with E-state index >= 15 is 0 Å². The van der Waals surface area contributed by atoms with Crippen molar-refractivity contribution in [1.82, 2.24) is 14.9 Å². The van der Waals surface area contributed by atoms with Crippen molar-refractivity contribution < 1.29 is 0 Å². The van der Waals surface area contributed by atoms with Gasteiger partial charge in [-0.15, -0.1) is 11.3 Å². The first-order valence-corrected chi connectivity index (χ1v) is 9.31. The first-order valence-electron chi connectivity index (χ1n) is 8.43. The van der Waals surface area contributed by atoms with Gasteiger partial charge in [0.05, 0.1) is 11.4 Å². The summed E-state index contributed by atoms with van der Waals surface area (Å²) in [6.07, 6.45) is 6.49. The Balaban J connectivity index is 1.50. The van der Waals surface area contributed by atoms with Gasteiger partial charge in [0.15, 0.2) is 5.82 Å². The molecule has 0 saturated heterocycles. The molecule has 0 radical (unpaired) electrons. The van der Waals surface area contributed by atoms with E-state index < -0.39 is 0 Å². The van der Waals surface area contributed by atoms with Crippen LogP contribution in [0, 0.1) is 6.92 Å². The fourth-order valence-corrected chi connectivity index (χ4v) is 4.25. The van der Waals surface area contributed by atoms with Gasteiger partial charge < -0.3 is 0 Å². The Kier molecular flexibility index (Phi) is 4.23. The molecule has 4 nitrogen and oxygen atoms in total. The summed E-state index contributed by atoms with van der Waals surface area (Å²) in [6.45, 7) is 6.21. The molecule has 5 heteroatoms. The van der Waals surface area contributed by atoms with Gasteiger partial charge in [-0.2, -0.15) is 0 Å². The highest BCUT2D eigenvalue weighted by Crippen LogP contribution is 2.23. The first-order chi connectivity index (χ1) is 11.3. The number of aliphatic imine (C=N–C) groups is 1. The van der Waals surface area contributed by atoms with Crippen molar-refractivity contribution in [3.8, 4) is 0 Å². The summed E-state index contributed by atoms with van der Waals surface area (Å²) in [6, 6.07) is 2.21. The molecule has 0 spiro atoms. The van der Waals surface area contributed by atoms with Crippen LogP contribution in [0.25, 0.3) is 0 Å². The number of aromatic nitrogens is 2. The zero-order valence-electron chi connectivity index (χ0n) is 13.6. The lowest BCUT2D eigenvalue weighted by Crippen LogP contribution is -2.31. The Morgan fingerprint density at radius 2 is 2.22 bits per heavy atom. The lowest BCUT2D eigenvalue weighted by Gasteiger charge is -2.28. The number of thiophene rings is 1. The van der Waals surface area contributed by atoms with E-state index in [9.17, 15) is 0 Å². The topological polar surface area (TPSA) is 41.4 Å². The molecular formula is C18H22N4S. The number of hydrogen-bond acceptors (Lipinski definition) is 5. The lowest BCUT2D eigenvalue weighted by molar-refractivity contribution is 0.244. The average Bonchev–Trinajstić information content (AvgIpc) is 3.00. The zero-order valence-corrected chi connectivity index (χ0v) is 14.4. The highest BCUT2D eigenvalue weighted by atomic mass is 32.1. The van der Waals surface area contributed by atoms with Gasteiger partial charge in [0.25, 0.3) is 0 Å². The molecule has 0 N–H and O–H groups in total. The van der Waals surface area contributed by atoms with Crippen molar-refractivity contribution in [2.24, 2.45) is 4.99 Å². The highest BCUT2D eigenvalue weighted by Gasteiger charge is 2.20. The fourth-order valence-electron chi connectivity index (χ4n) is 3.30. The van der Waals surface area contributed by atoms with E-state index in [0.717, 1.165) is 50.6 Å². The second-order valence-corrected chi connectivity index (χ2v) is 7.44. The SMILES string of the molecule is Cc1ccsc1CN1CCc2nc(C3=NCCCC3)ncc2C1. The molecule has 0 aromatic carbocycles. The average molecular weight is 326 g/mol. The third-order valence-corrected chi connectivity index (χ3v) is 5.74. The van der Waals surface area contributed by atoms with Crippen molar-refractivity contribution in [2.75, 3.05) is 13.1 Å². The van der Waals surface area contributed by atoms with Crippen LogP contribution >= 0.6 is 11.3 Å². The second kappa shape index (κ2) is 6.49. The molecule has 23 heavy (non-hydrogen) atoms. The maximum atomic E-state index is 4.82. The Hall–Kier alpha value is -1.59. The molecule has 2 aliphatic rings. The largest absolute Gasteiger partial charge is 0.293 e. The van der Waals surface area contributed by atoms with Gasteiger partial charge in [0, 0.05) is 49.2 Å². The van der Waals surface area contributed by atoms with Crippen LogP contribution in [0.2, 0.25) is 0 Å². The number of fused-ring (bicyclic) bond motifs is 1. The standard InChI is InChI=1S/C18H22N4S/c1-13-6-9-23-17(13)12-22-8-5-15-14(11-22)10-20-18(21-15)16-4-2-3-7-19-16/h6,9-10H,2-5,7-8,11-12H2,1H3. The van der Waals surface area contributed by atoms with E-state index in [0.29, 0.717) is 0 Å². The summed E-state index contributed by atoms with van der Waals surface area (Å²) in [5.41, 5.74) is 5.02. The Bertz CT molecular complexity index is 734. The minimum absolute atomic E-state index is 0.867. The molecule has 0 aliphatic carbocycles. The predicted octanol–water partition coefficient (Wildman–Crippen LogP) is 3.38. The van der Waals surface area contributed by atoms with Gasteiger partial charge in [-0.05, 0) is 43.2 Å². The number of hydrogen-bond donors (Lipinski definition) is 0. The van der Waals surface area contributed by atoms with Crippen molar-refractivity contribution in [2.45, 2.75) is 45.7 Å².